The van der Waals surface area contributed by atoms with Crippen molar-refractivity contribution < 1.29 is 13.2 Å². The molecular formula is C13H20N4O3S. The molecule has 2 aromatic heterocycles. The van der Waals surface area contributed by atoms with Gasteiger partial charge in [0.1, 0.15) is 5.65 Å². The van der Waals surface area contributed by atoms with E-state index in [4.69, 9.17) is 4.74 Å². The van der Waals surface area contributed by atoms with Crippen LogP contribution in [0, 0.1) is 0 Å². The number of fused-ring (bicyclic) bond motifs is 1. The number of sulfonamides is 1. The highest BCUT2D eigenvalue weighted by Crippen LogP contribution is 2.22. The summed E-state index contributed by atoms with van der Waals surface area (Å²) >= 11 is 0. The van der Waals surface area contributed by atoms with Crippen molar-refractivity contribution in [1.29, 1.82) is 0 Å². The number of hydrogen-bond donors (Lipinski definition) is 2. The minimum Gasteiger partial charge on any atom is -0.385 e. The molecule has 0 saturated heterocycles. The molecule has 0 aromatic carbocycles. The summed E-state index contributed by atoms with van der Waals surface area (Å²) in [5.74, 6) is 0.364. The maximum absolute atomic E-state index is 12.5. The zero-order valence-corrected chi connectivity index (χ0v) is 13.0. The van der Waals surface area contributed by atoms with Crippen molar-refractivity contribution in [2.45, 2.75) is 18.4 Å². The number of methoxy groups -OCH3 is 1. The molecule has 2 heterocycles. The van der Waals surface area contributed by atoms with Crippen LogP contribution < -0.4 is 10.0 Å². The van der Waals surface area contributed by atoms with Crippen molar-refractivity contribution in [2.24, 2.45) is 0 Å². The molecule has 2 N–H and O–H groups in total. The molecular weight excluding hydrogens is 292 g/mol. The minimum absolute atomic E-state index is 0.136. The van der Waals surface area contributed by atoms with Crippen LogP contribution in [0.4, 0.5) is 5.82 Å². The minimum atomic E-state index is -3.64. The van der Waals surface area contributed by atoms with Gasteiger partial charge in [0.15, 0.2) is 10.8 Å². The summed E-state index contributed by atoms with van der Waals surface area (Å²) in [4.78, 5) is 4.32. The molecule has 0 amide bonds. The summed E-state index contributed by atoms with van der Waals surface area (Å²) in [5, 5.41) is 3.13. The average Bonchev–Trinajstić information content (AvgIpc) is 2.83. The molecule has 7 nitrogen and oxygen atoms in total. The number of ether oxygens (including phenoxy) is 1. The van der Waals surface area contributed by atoms with Crippen molar-refractivity contribution in [1.82, 2.24) is 14.1 Å². The molecule has 0 fully saturated rings. The maximum Gasteiger partial charge on any atom is 0.260 e. The number of aromatic nitrogens is 2. The van der Waals surface area contributed by atoms with Crippen LogP contribution in [0.15, 0.2) is 29.4 Å². The quantitative estimate of drug-likeness (QED) is 0.713. The van der Waals surface area contributed by atoms with E-state index in [2.05, 4.69) is 15.0 Å². The van der Waals surface area contributed by atoms with Gasteiger partial charge in [-0.25, -0.2) is 18.1 Å². The van der Waals surface area contributed by atoms with Crippen molar-refractivity contribution >= 4 is 21.5 Å². The third kappa shape index (κ3) is 3.52. The Bertz CT molecular complexity index is 697. The summed E-state index contributed by atoms with van der Waals surface area (Å²) < 4.78 is 34.1. The van der Waals surface area contributed by atoms with E-state index in [1.54, 1.807) is 29.8 Å². The molecule has 0 saturated carbocycles. The molecule has 0 unspecified atom stereocenters. The van der Waals surface area contributed by atoms with Gasteiger partial charge in [-0.1, -0.05) is 6.07 Å². The first-order valence-electron chi connectivity index (χ1n) is 6.79. The number of nitrogens with one attached hydrogen (secondary N) is 2. The number of pyridine rings is 1. The predicted octanol–water partition coefficient (Wildman–Crippen LogP) is 1.08. The Hall–Kier alpha value is -1.64. The van der Waals surface area contributed by atoms with E-state index in [0.29, 0.717) is 37.6 Å². The van der Waals surface area contributed by atoms with Gasteiger partial charge in [-0.2, -0.15) is 0 Å². The summed E-state index contributed by atoms with van der Waals surface area (Å²) in [6.07, 6.45) is 2.30. The lowest BCUT2D eigenvalue weighted by molar-refractivity contribution is 0.196. The summed E-state index contributed by atoms with van der Waals surface area (Å²) in [5.41, 5.74) is 0.589. The van der Waals surface area contributed by atoms with Gasteiger partial charge in [0.25, 0.3) is 10.0 Å². The largest absolute Gasteiger partial charge is 0.385 e. The third-order valence-electron chi connectivity index (χ3n) is 2.90. The fraction of sp³-hybridized carbons (Fsp3) is 0.462. The SMILES string of the molecule is CCNc1nc2ccccn2c1S(=O)(=O)NCCCOC. The molecule has 0 spiro atoms. The third-order valence-corrected chi connectivity index (χ3v) is 4.39. The highest BCUT2D eigenvalue weighted by Gasteiger charge is 2.24. The Morgan fingerprint density at radius 2 is 2.19 bits per heavy atom. The highest BCUT2D eigenvalue weighted by molar-refractivity contribution is 7.89. The number of imidazole rings is 1. The summed E-state index contributed by atoms with van der Waals surface area (Å²) in [7, 11) is -2.06. The topological polar surface area (TPSA) is 84.7 Å². The van der Waals surface area contributed by atoms with Crippen molar-refractivity contribution in [3.05, 3.63) is 24.4 Å². The zero-order valence-electron chi connectivity index (χ0n) is 12.2. The van der Waals surface area contributed by atoms with Gasteiger partial charge in [-0.05, 0) is 25.5 Å². The summed E-state index contributed by atoms with van der Waals surface area (Å²) in [6, 6.07) is 5.36. The van der Waals surface area contributed by atoms with Crippen LogP contribution in [-0.2, 0) is 14.8 Å². The number of rotatable bonds is 8. The lowest BCUT2D eigenvalue weighted by Crippen LogP contribution is -2.27. The highest BCUT2D eigenvalue weighted by atomic mass is 32.2. The molecule has 8 heteroatoms. The molecule has 0 aliphatic rings. The predicted molar refractivity (Wildman–Crippen MR) is 81.0 cm³/mol. The zero-order chi connectivity index (χ0) is 15.3. The monoisotopic (exact) mass is 312 g/mol. The van der Waals surface area contributed by atoms with E-state index in [1.807, 2.05) is 13.0 Å². The standard InChI is InChI=1S/C13H20N4O3S/c1-3-14-12-13(17-9-5-4-7-11(17)16-12)21(18,19)15-8-6-10-20-2/h4-5,7,9,14-15H,3,6,8,10H2,1-2H3. The first-order chi connectivity index (χ1) is 10.1. The summed E-state index contributed by atoms with van der Waals surface area (Å²) in [6.45, 7) is 3.32. The van der Waals surface area contributed by atoms with Crippen LogP contribution >= 0.6 is 0 Å². The van der Waals surface area contributed by atoms with E-state index < -0.39 is 10.0 Å². The number of anilines is 1. The Morgan fingerprint density at radius 3 is 2.90 bits per heavy atom. The Labute approximate surface area is 124 Å². The number of nitrogens with zero attached hydrogens (tertiary/aromatic N) is 2. The van der Waals surface area contributed by atoms with Crippen molar-refractivity contribution in [3.8, 4) is 0 Å². The smallest absolute Gasteiger partial charge is 0.260 e. The van der Waals surface area contributed by atoms with E-state index in [0.717, 1.165) is 0 Å². The molecule has 21 heavy (non-hydrogen) atoms. The fourth-order valence-electron chi connectivity index (χ4n) is 2.00. The van der Waals surface area contributed by atoms with E-state index in [-0.39, 0.29) is 5.03 Å². The molecule has 0 aliphatic carbocycles. The molecule has 2 rings (SSSR count). The van der Waals surface area contributed by atoms with Crippen LogP contribution in [0.1, 0.15) is 13.3 Å². The molecule has 2 aromatic rings. The normalized spacial score (nSPS) is 11.9. The van der Waals surface area contributed by atoms with Crippen LogP contribution in [0.3, 0.4) is 0 Å². The second-order valence-electron chi connectivity index (χ2n) is 4.47. The van der Waals surface area contributed by atoms with Gasteiger partial charge >= 0.3 is 0 Å². The lowest BCUT2D eigenvalue weighted by Gasteiger charge is -2.08. The average molecular weight is 312 g/mol. The van der Waals surface area contributed by atoms with Gasteiger partial charge < -0.3 is 10.1 Å². The lowest BCUT2D eigenvalue weighted by atomic mass is 10.5. The van der Waals surface area contributed by atoms with Crippen LogP contribution in [-0.4, -0.2) is 44.6 Å². The van der Waals surface area contributed by atoms with Gasteiger partial charge in [-0.3, -0.25) is 4.40 Å². The molecule has 116 valence electrons. The molecule has 0 atom stereocenters. The Balaban J connectivity index is 2.36. The van der Waals surface area contributed by atoms with Gasteiger partial charge in [0.05, 0.1) is 0 Å². The van der Waals surface area contributed by atoms with E-state index in [1.165, 1.54) is 0 Å². The van der Waals surface area contributed by atoms with Crippen molar-refractivity contribution in [2.75, 3.05) is 32.1 Å². The first kappa shape index (κ1) is 15.7. The van der Waals surface area contributed by atoms with E-state index in [9.17, 15) is 8.42 Å². The van der Waals surface area contributed by atoms with Gasteiger partial charge in [-0.15, -0.1) is 0 Å². The van der Waals surface area contributed by atoms with E-state index >= 15 is 0 Å². The Kier molecular flexibility index (Phi) is 5.16. The fourth-order valence-corrected chi connectivity index (χ4v) is 3.34. The second kappa shape index (κ2) is 6.88. The van der Waals surface area contributed by atoms with Gasteiger partial charge in [0, 0.05) is 33.0 Å². The second-order valence-corrected chi connectivity index (χ2v) is 6.15. The maximum atomic E-state index is 12.5. The van der Waals surface area contributed by atoms with Crippen molar-refractivity contribution in [3.63, 3.8) is 0 Å². The van der Waals surface area contributed by atoms with Crippen LogP contribution in [0.25, 0.3) is 5.65 Å². The van der Waals surface area contributed by atoms with Crippen LogP contribution in [0.5, 0.6) is 0 Å². The molecule has 0 aliphatic heterocycles. The molecule has 0 bridgehead atoms. The van der Waals surface area contributed by atoms with Crippen LogP contribution in [0.2, 0.25) is 0 Å². The number of hydrogen-bond acceptors (Lipinski definition) is 5. The Morgan fingerprint density at radius 1 is 1.38 bits per heavy atom. The molecule has 0 radical (unpaired) electrons. The van der Waals surface area contributed by atoms with Gasteiger partial charge in [0.2, 0.25) is 0 Å². The first-order valence-corrected chi connectivity index (χ1v) is 8.28.